The standard InChI is InChI=1S/C13H11ClFNO3S/c1-19-13-8-10(4-7-12(13)15)16-20(17,18)11-5-2-9(14)3-6-11/h2-8,16H,1H3. The highest BCUT2D eigenvalue weighted by molar-refractivity contribution is 7.92. The van der Waals surface area contributed by atoms with Gasteiger partial charge in [0.15, 0.2) is 11.6 Å². The molecule has 0 fully saturated rings. The van der Waals surface area contributed by atoms with Gasteiger partial charge in [0, 0.05) is 11.1 Å². The predicted molar refractivity (Wildman–Crippen MR) is 75.2 cm³/mol. The Bertz CT molecular complexity index is 717. The highest BCUT2D eigenvalue weighted by atomic mass is 35.5. The van der Waals surface area contributed by atoms with Gasteiger partial charge in [0.05, 0.1) is 17.7 Å². The molecule has 7 heteroatoms. The fourth-order valence-electron chi connectivity index (χ4n) is 1.55. The first-order valence-electron chi connectivity index (χ1n) is 5.54. The first-order valence-corrected chi connectivity index (χ1v) is 7.40. The molecule has 0 saturated heterocycles. The van der Waals surface area contributed by atoms with Crippen LogP contribution in [0.1, 0.15) is 0 Å². The maximum Gasteiger partial charge on any atom is 0.261 e. The third-order valence-corrected chi connectivity index (χ3v) is 4.18. The molecule has 0 heterocycles. The quantitative estimate of drug-likeness (QED) is 0.942. The fourth-order valence-corrected chi connectivity index (χ4v) is 2.73. The van der Waals surface area contributed by atoms with Gasteiger partial charge in [-0.05, 0) is 36.4 Å². The Hall–Kier alpha value is -1.79. The first kappa shape index (κ1) is 14.6. The molecule has 0 atom stereocenters. The van der Waals surface area contributed by atoms with Gasteiger partial charge in [0.25, 0.3) is 10.0 Å². The lowest BCUT2D eigenvalue weighted by atomic mass is 10.3. The summed E-state index contributed by atoms with van der Waals surface area (Å²) in [6.45, 7) is 0. The van der Waals surface area contributed by atoms with Crippen LogP contribution in [-0.2, 0) is 10.0 Å². The van der Waals surface area contributed by atoms with E-state index in [-0.39, 0.29) is 16.3 Å². The Morgan fingerprint density at radius 1 is 1.15 bits per heavy atom. The average Bonchev–Trinajstić information content (AvgIpc) is 2.41. The first-order chi connectivity index (χ1) is 9.42. The number of nitrogens with one attached hydrogen (secondary N) is 1. The van der Waals surface area contributed by atoms with E-state index in [1.165, 1.54) is 43.5 Å². The maximum absolute atomic E-state index is 13.3. The Labute approximate surface area is 121 Å². The second kappa shape index (κ2) is 5.68. The summed E-state index contributed by atoms with van der Waals surface area (Å²) in [7, 11) is -2.45. The van der Waals surface area contributed by atoms with Crippen LogP contribution in [0.25, 0.3) is 0 Å². The summed E-state index contributed by atoms with van der Waals surface area (Å²) in [5.41, 5.74) is 0.207. The molecular weight excluding hydrogens is 305 g/mol. The Morgan fingerprint density at radius 2 is 1.80 bits per heavy atom. The van der Waals surface area contributed by atoms with Crippen molar-refractivity contribution in [3.05, 3.63) is 53.3 Å². The summed E-state index contributed by atoms with van der Waals surface area (Å²) in [6, 6.07) is 9.41. The van der Waals surface area contributed by atoms with Crippen LogP contribution in [0.3, 0.4) is 0 Å². The van der Waals surface area contributed by atoms with Gasteiger partial charge in [-0.3, -0.25) is 4.72 Å². The van der Waals surface area contributed by atoms with Gasteiger partial charge in [0.2, 0.25) is 0 Å². The van der Waals surface area contributed by atoms with Crippen LogP contribution in [0.5, 0.6) is 5.75 Å². The van der Waals surface area contributed by atoms with E-state index in [4.69, 9.17) is 16.3 Å². The molecule has 2 aromatic rings. The van der Waals surface area contributed by atoms with E-state index in [1.54, 1.807) is 0 Å². The third-order valence-electron chi connectivity index (χ3n) is 2.53. The Balaban J connectivity index is 2.30. The molecule has 106 valence electrons. The van der Waals surface area contributed by atoms with Crippen LogP contribution in [0.15, 0.2) is 47.4 Å². The minimum absolute atomic E-state index is 0.0405. The number of halogens is 2. The summed E-state index contributed by atoms with van der Waals surface area (Å²) >= 11 is 5.71. The van der Waals surface area contributed by atoms with E-state index in [0.29, 0.717) is 5.02 Å². The van der Waals surface area contributed by atoms with Crippen LogP contribution < -0.4 is 9.46 Å². The monoisotopic (exact) mass is 315 g/mol. The van der Waals surface area contributed by atoms with E-state index >= 15 is 0 Å². The van der Waals surface area contributed by atoms with Gasteiger partial charge in [0.1, 0.15) is 0 Å². The van der Waals surface area contributed by atoms with Crippen LogP contribution in [0.4, 0.5) is 10.1 Å². The molecule has 4 nitrogen and oxygen atoms in total. The minimum atomic E-state index is -3.75. The zero-order chi connectivity index (χ0) is 14.8. The van der Waals surface area contributed by atoms with Gasteiger partial charge in [-0.25, -0.2) is 12.8 Å². The number of hydrogen-bond donors (Lipinski definition) is 1. The molecular formula is C13H11ClFNO3S. The molecule has 0 aliphatic carbocycles. The van der Waals surface area contributed by atoms with Crippen molar-refractivity contribution in [1.82, 2.24) is 0 Å². The molecule has 2 aromatic carbocycles. The molecule has 0 saturated carbocycles. The van der Waals surface area contributed by atoms with Gasteiger partial charge in [-0.1, -0.05) is 11.6 Å². The molecule has 0 spiro atoms. The molecule has 2 rings (SSSR count). The van der Waals surface area contributed by atoms with Gasteiger partial charge >= 0.3 is 0 Å². The third kappa shape index (κ3) is 3.20. The van der Waals surface area contributed by atoms with Crippen LogP contribution in [-0.4, -0.2) is 15.5 Å². The number of sulfonamides is 1. The summed E-state index contributed by atoms with van der Waals surface area (Å²) in [5, 5.41) is 0.437. The van der Waals surface area contributed by atoms with Crippen molar-refractivity contribution in [3.63, 3.8) is 0 Å². The van der Waals surface area contributed by atoms with Crippen molar-refractivity contribution in [1.29, 1.82) is 0 Å². The van der Waals surface area contributed by atoms with Crippen molar-refractivity contribution in [3.8, 4) is 5.75 Å². The molecule has 0 unspecified atom stereocenters. The lowest BCUT2D eigenvalue weighted by Gasteiger charge is -2.09. The highest BCUT2D eigenvalue weighted by Gasteiger charge is 2.15. The van der Waals surface area contributed by atoms with E-state index < -0.39 is 15.8 Å². The zero-order valence-corrected chi connectivity index (χ0v) is 12.0. The Morgan fingerprint density at radius 3 is 2.40 bits per heavy atom. The normalized spacial score (nSPS) is 11.2. The molecule has 0 amide bonds. The average molecular weight is 316 g/mol. The number of benzene rings is 2. The molecule has 20 heavy (non-hydrogen) atoms. The van der Waals surface area contributed by atoms with Gasteiger partial charge in [-0.2, -0.15) is 0 Å². The topological polar surface area (TPSA) is 55.4 Å². The number of methoxy groups -OCH3 is 1. The van der Waals surface area contributed by atoms with Crippen LogP contribution in [0, 0.1) is 5.82 Å². The molecule has 0 radical (unpaired) electrons. The van der Waals surface area contributed by atoms with Crippen molar-refractivity contribution in [2.45, 2.75) is 4.90 Å². The second-order valence-electron chi connectivity index (χ2n) is 3.91. The van der Waals surface area contributed by atoms with Crippen LogP contribution in [0.2, 0.25) is 5.02 Å². The summed E-state index contributed by atoms with van der Waals surface area (Å²) < 4.78 is 44.6. The summed E-state index contributed by atoms with van der Waals surface area (Å²) in [4.78, 5) is 0.0604. The van der Waals surface area contributed by atoms with Crippen molar-refractivity contribution >= 4 is 27.3 Å². The van der Waals surface area contributed by atoms with E-state index in [0.717, 1.165) is 6.07 Å². The number of ether oxygens (including phenoxy) is 1. The number of hydrogen-bond acceptors (Lipinski definition) is 3. The lowest BCUT2D eigenvalue weighted by Crippen LogP contribution is -2.12. The maximum atomic E-state index is 13.3. The summed E-state index contributed by atoms with van der Waals surface area (Å²) in [6.07, 6.45) is 0. The van der Waals surface area contributed by atoms with E-state index in [9.17, 15) is 12.8 Å². The molecule has 1 N–H and O–H groups in total. The minimum Gasteiger partial charge on any atom is -0.494 e. The van der Waals surface area contributed by atoms with Crippen molar-refractivity contribution in [2.75, 3.05) is 11.8 Å². The summed E-state index contributed by atoms with van der Waals surface area (Å²) in [5.74, 6) is -0.608. The predicted octanol–water partition coefficient (Wildman–Crippen LogP) is 3.29. The van der Waals surface area contributed by atoms with Crippen molar-refractivity contribution in [2.24, 2.45) is 0 Å². The highest BCUT2D eigenvalue weighted by Crippen LogP contribution is 2.24. The van der Waals surface area contributed by atoms with E-state index in [1.807, 2.05) is 0 Å². The largest absolute Gasteiger partial charge is 0.494 e. The molecule has 0 aliphatic heterocycles. The molecule has 0 aliphatic rings. The zero-order valence-electron chi connectivity index (χ0n) is 10.4. The number of rotatable bonds is 4. The second-order valence-corrected chi connectivity index (χ2v) is 6.03. The molecule has 0 aromatic heterocycles. The number of anilines is 1. The van der Waals surface area contributed by atoms with Crippen molar-refractivity contribution < 1.29 is 17.5 Å². The molecule has 0 bridgehead atoms. The van der Waals surface area contributed by atoms with E-state index in [2.05, 4.69) is 4.72 Å². The fraction of sp³-hybridized carbons (Fsp3) is 0.0769. The smallest absolute Gasteiger partial charge is 0.261 e. The van der Waals surface area contributed by atoms with Crippen LogP contribution >= 0.6 is 11.6 Å². The SMILES string of the molecule is COc1cc(NS(=O)(=O)c2ccc(Cl)cc2)ccc1F. The Kier molecular flexibility index (Phi) is 4.15. The van der Waals surface area contributed by atoms with Gasteiger partial charge in [-0.15, -0.1) is 0 Å². The van der Waals surface area contributed by atoms with Gasteiger partial charge < -0.3 is 4.74 Å². The lowest BCUT2D eigenvalue weighted by molar-refractivity contribution is 0.387.